The van der Waals surface area contributed by atoms with Crippen molar-refractivity contribution in [1.29, 1.82) is 0 Å². The minimum atomic E-state index is -0.493. The van der Waals surface area contributed by atoms with E-state index in [1.165, 1.54) is 0 Å². The van der Waals surface area contributed by atoms with Crippen LogP contribution in [0.1, 0.15) is 26.7 Å². The molecular weight excluding hydrogens is 471 g/mol. The van der Waals surface area contributed by atoms with Crippen LogP contribution in [0.2, 0.25) is 0 Å². The van der Waals surface area contributed by atoms with Crippen LogP contribution in [0.15, 0.2) is 48.5 Å². The molecule has 0 aliphatic carbocycles. The van der Waals surface area contributed by atoms with Crippen molar-refractivity contribution in [2.45, 2.75) is 38.8 Å². The number of aromatic hydroxyl groups is 1. The molecule has 192 valence electrons. The number of fused-ring (bicyclic) bond motifs is 4. The van der Waals surface area contributed by atoms with Crippen molar-refractivity contribution in [3.8, 4) is 22.9 Å². The third-order valence-electron chi connectivity index (χ3n) is 7.44. The van der Waals surface area contributed by atoms with E-state index >= 15 is 4.39 Å². The molecule has 2 aliphatic heterocycles. The first-order valence-corrected chi connectivity index (χ1v) is 12.8. The summed E-state index contributed by atoms with van der Waals surface area (Å²) >= 11 is 0. The molecule has 0 saturated carbocycles. The van der Waals surface area contributed by atoms with Crippen LogP contribution in [0.5, 0.6) is 11.8 Å². The van der Waals surface area contributed by atoms with Gasteiger partial charge in [-0.1, -0.05) is 44.2 Å². The van der Waals surface area contributed by atoms with E-state index in [0.29, 0.717) is 34.4 Å². The molecular formula is C29H31FN4O3. The highest BCUT2D eigenvalue weighted by Crippen LogP contribution is 2.39. The number of phenols is 1. The van der Waals surface area contributed by atoms with Crippen molar-refractivity contribution in [3.05, 3.63) is 54.3 Å². The van der Waals surface area contributed by atoms with Gasteiger partial charge in [-0.3, -0.25) is 0 Å². The number of benzene rings is 3. The normalized spacial score (nSPS) is 19.6. The Kier molecular flexibility index (Phi) is 5.88. The fourth-order valence-electron chi connectivity index (χ4n) is 5.43. The van der Waals surface area contributed by atoms with E-state index in [1.54, 1.807) is 18.2 Å². The first kappa shape index (κ1) is 23.9. The quantitative estimate of drug-likeness (QED) is 0.354. The Morgan fingerprint density at radius 2 is 1.78 bits per heavy atom. The molecule has 3 aromatic carbocycles. The van der Waals surface area contributed by atoms with Crippen molar-refractivity contribution in [2.24, 2.45) is 5.41 Å². The van der Waals surface area contributed by atoms with Crippen LogP contribution in [-0.4, -0.2) is 58.6 Å². The number of nitrogens with one attached hydrogen (secondary N) is 1. The molecule has 4 aromatic rings. The Balaban J connectivity index is 1.51. The summed E-state index contributed by atoms with van der Waals surface area (Å²) in [4.78, 5) is 11.5. The lowest BCUT2D eigenvalue weighted by Gasteiger charge is -2.34. The summed E-state index contributed by atoms with van der Waals surface area (Å²) in [6.07, 6.45) is 2.22. The molecule has 8 heteroatoms. The van der Waals surface area contributed by atoms with Gasteiger partial charge in [0.15, 0.2) is 5.82 Å². The summed E-state index contributed by atoms with van der Waals surface area (Å²) in [5.41, 5.74) is 0.635. The second kappa shape index (κ2) is 9.11. The van der Waals surface area contributed by atoms with Crippen LogP contribution in [0, 0.1) is 11.2 Å². The molecule has 3 heterocycles. The molecule has 2 fully saturated rings. The Morgan fingerprint density at radius 3 is 2.54 bits per heavy atom. The maximum atomic E-state index is 16.3. The number of piperazine rings is 1. The summed E-state index contributed by atoms with van der Waals surface area (Å²) < 4.78 is 22.3. The van der Waals surface area contributed by atoms with Crippen LogP contribution in [0.25, 0.3) is 32.8 Å². The number of aliphatic hydroxyl groups is 1. The maximum Gasteiger partial charge on any atom is 0.319 e. The number of nitrogens with zero attached hydrogens (tertiary/aromatic N) is 3. The van der Waals surface area contributed by atoms with Crippen molar-refractivity contribution < 1.29 is 19.3 Å². The van der Waals surface area contributed by atoms with Gasteiger partial charge in [-0.25, -0.2) is 4.39 Å². The molecule has 2 atom stereocenters. The first-order chi connectivity index (χ1) is 17.8. The van der Waals surface area contributed by atoms with Gasteiger partial charge < -0.3 is 25.2 Å². The molecule has 6 rings (SSSR count). The average Bonchev–Trinajstić information content (AvgIpc) is 3.24. The number of anilines is 1. The Bertz CT molecular complexity index is 1480. The molecule has 3 N–H and O–H groups in total. The smallest absolute Gasteiger partial charge is 0.319 e. The Labute approximate surface area is 214 Å². The molecule has 2 saturated heterocycles. The molecule has 2 aliphatic rings. The van der Waals surface area contributed by atoms with Gasteiger partial charge in [0.05, 0.1) is 13.2 Å². The number of aromatic nitrogens is 2. The fraction of sp³-hybridized carbons (Fsp3) is 0.379. The number of ether oxygens (including phenoxy) is 1. The van der Waals surface area contributed by atoms with Gasteiger partial charge in [0.25, 0.3) is 0 Å². The zero-order valence-electron chi connectivity index (χ0n) is 21.0. The summed E-state index contributed by atoms with van der Waals surface area (Å²) in [6.45, 7) is 5.47. The van der Waals surface area contributed by atoms with E-state index in [4.69, 9.17) is 9.72 Å². The van der Waals surface area contributed by atoms with Crippen molar-refractivity contribution in [1.82, 2.24) is 15.3 Å². The van der Waals surface area contributed by atoms with Gasteiger partial charge in [0.1, 0.15) is 17.1 Å². The van der Waals surface area contributed by atoms with Crippen molar-refractivity contribution in [2.75, 3.05) is 31.2 Å². The van der Waals surface area contributed by atoms with Crippen LogP contribution in [0.3, 0.4) is 0 Å². The molecule has 7 nitrogen and oxygen atoms in total. The first-order valence-electron chi connectivity index (χ1n) is 12.8. The van der Waals surface area contributed by atoms with Gasteiger partial charge in [-0.2, -0.15) is 9.97 Å². The number of hydrogen-bond acceptors (Lipinski definition) is 7. The van der Waals surface area contributed by atoms with E-state index in [1.807, 2.05) is 44.2 Å². The van der Waals surface area contributed by atoms with Crippen LogP contribution < -0.4 is 15.0 Å². The van der Waals surface area contributed by atoms with Crippen LogP contribution >= 0.6 is 0 Å². The maximum absolute atomic E-state index is 16.3. The molecule has 37 heavy (non-hydrogen) atoms. The number of halogens is 1. The minimum absolute atomic E-state index is 0.0579. The zero-order valence-corrected chi connectivity index (χ0v) is 21.0. The van der Waals surface area contributed by atoms with Gasteiger partial charge in [0, 0.05) is 41.5 Å². The summed E-state index contributed by atoms with van der Waals surface area (Å²) in [6, 6.07) is 15.3. The highest BCUT2D eigenvalue weighted by atomic mass is 19.1. The predicted octanol–water partition coefficient (Wildman–Crippen LogP) is 4.63. The van der Waals surface area contributed by atoms with Gasteiger partial charge in [-0.15, -0.1) is 0 Å². The number of phenolic OH excluding ortho intramolecular Hbond substituents is 1. The van der Waals surface area contributed by atoms with E-state index in [9.17, 15) is 10.2 Å². The lowest BCUT2D eigenvalue weighted by Crippen LogP contribution is -2.51. The third kappa shape index (κ3) is 4.45. The topological polar surface area (TPSA) is 90.7 Å². The lowest BCUT2D eigenvalue weighted by atomic mass is 9.96. The van der Waals surface area contributed by atoms with Crippen molar-refractivity contribution in [3.63, 3.8) is 0 Å². The third-order valence-corrected chi connectivity index (χ3v) is 7.44. The van der Waals surface area contributed by atoms with Gasteiger partial charge in [0.2, 0.25) is 0 Å². The summed E-state index contributed by atoms with van der Waals surface area (Å²) in [7, 11) is 0. The largest absolute Gasteiger partial charge is 0.508 e. The highest BCUT2D eigenvalue weighted by Gasteiger charge is 2.34. The molecule has 0 unspecified atom stereocenters. The molecule has 2 bridgehead atoms. The lowest BCUT2D eigenvalue weighted by molar-refractivity contribution is 0.0927. The number of aliphatic hydroxyl groups excluding tert-OH is 1. The van der Waals surface area contributed by atoms with E-state index in [0.717, 1.165) is 36.7 Å². The van der Waals surface area contributed by atoms with Crippen LogP contribution in [0.4, 0.5) is 10.2 Å². The van der Waals surface area contributed by atoms with E-state index < -0.39 is 11.2 Å². The second-order valence-electron chi connectivity index (χ2n) is 11.0. The SMILES string of the molecule is CC(C)(CO)COc1nc(N2C[C@H]3CC[C@@H](C2)N3)c2ccc(-c3cc(O)cc4ccccc34)c(F)c2n1. The zero-order chi connectivity index (χ0) is 25.7. The number of rotatable bonds is 6. The molecule has 0 spiro atoms. The Morgan fingerprint density at radius 1 is 1.03 bits per heavy atom. The van der Waals surface area contributed by atoms with E-state index in [-0.39, 0.29) is 30.5 Å². The highest BCUT2D eigenvalue weighted by molar-refractivity contribution is 6.01. The fourth-order valence-corrected chi connectivity index (χ4v) is 5.43. The molecule has 1 aromatic heterocycles. The van der Waals surface area contributed by atoms with E-state index in [2.05, 4.69) is 15.2 Å². The Hall–Kier alpha value is -3.49. The molecule has 0 amide bonds. The van der Waals surface area contributed by atoms with Gasteiger partial charge >= 0.3 is 6.01 Å². The monoisotopic (exact) mass is 502 g/mol. The van der Waals surface area contributed by atoms with Crippen LogP contribution in [-0.2, 0) is 0 Å². The average molecular weight is 503 g/mol. The summed E-state index contributed by atoms with van der Waals surface area (Å²) in [5.74, 6) is 0.246. The van der Waals surface area contributed by atoms with Gasteiger partial charge in [-0.05, 0) is 47.4 Å². The molecule has 0 radical (unpaired) electrons. The predicted molar refractivity (Wildman–Crippen MR) is 143 cm³/mol. The summed E-state index contributed by atoms with van der Waals surface area (Å²) in [5, 5.41) is 25.9. The standard InChI is InChI=1S/C29H31FN4O3/c1-29(2,15-35)16-37-28-32-26-23(27(33-28)34-13-18-7-8-19(14-34)31-18)10-9-22(25(26)30)24-12-20(36)11-17-5-3-4-6-21(17)24/h3-6,9-12,18-19,31,35-36H,7-8,13-16H2,1-2H3/t18-,19+. The second-order valence-corrected chi connectivity index (χ2v) is 11.0. The van der Waals surface area contributed by atoms with Crippen molar-refractivity contribution >= 4 is 27.5 Å². The minimum Gasteiger partial charge on any atom is -0.508 e. The number of hydrogen-bond donors (Lipinski definition) is 3.